The fourth-order valence-corrected chi connectivity index (χ4v) is 3.03. The van der Waals surface area contributed by atoms with E-state index in [1.807, 2.05) is 40.0 Å². The largest absolute Gasteiger partial charge is 0.390 e. The molecule has 0 unspecified atom stereocenters. The molecule has 0 radical (unpaired) electrons. The summed E-state index contributed by atoms with van der Waals surface area (Å²) in [4.78, 5) is 8.82. The molecule has 28 heavy (non-hydrogen) atoms. The van der Waals surface area contributed by atoms with Crippen molar-refractivity contribution in [3.05, 3.63) is 53.7 Å². The van der Waals surface area contributed by atoms with Crippen LogP contribution in [0, 0.1) is 0 Å². The Balaban J connectivity index is 1.49. The summed E-state index contributed by atoms with van der Waals surface area (Å²) in [6.45, 7) is 1.74. The highest BCUT2D eigenvalue weighted by atomic mass is 16.5. The van der Waals surface area contributed by atoms with Crippen LogP contribution in [0.5, 0.6) is 0 Å². The number of nitrogens with zero attached hydrogens (tertiary/aromatic N) is 5. The first-order valence-electron chi connectivity index (χ1n) is 8.92. The van der Waals surface area contributed by atoms with E-state index in [9.17, 15) is 0 Å². The van der Waals surface area contributed by atoms with E-state index in [4.69, 9.17) is 15.6 Å². The van der Waals surface area contributed by atoms with Crippen LogP contribution in [0.15, 0.2) is 36.9 Å². The number of allylic oxidation sites excluding steroid dienone is 1. The van der Waals surface area contributed by atoms with Crippen LogP contribution in [0.1, 0.15) is 16.8 Å². The van der Waals surface area contributed by atoms with Gasteiger partial charge in [-0.2, -0.15) is 5.10 Å². The molecule has 0 amide bonds. The van der Waals surface area contributed by atoms with Crippen LogP contribution in [0.2, 0.25) is 0 Å². The van der Waals surface area contributed by atoms with Gasteiger partial charge in [-0.25, -0.2) is 19.1 Å². The number of rotatable bonds is 8. The Morgan fingerprint density at radius 3 is 3.00 bits per heavy atom. The Hall–Kier alpha value is -3.30. The van der Waals surface area contributed by atoms with Crippen molar-refractivity contribution >= 4 is 28.9 Å². The van der Waals surface area contributed by atoms with Gasteiger partial charge < -0.3 is 20.9 Å². The predicted octanol–water partition coefficient (Wildman–Crippen LogP) is 0.895. The van der Waals surface area contributed by atoms with Gasteiger partial charge in [-0.05, 0) is 17.7 Å². The Bertz CT molecular complexity index is 1070. The lowest BCUT2D eigenvalue weighted by Crippen LogP contribution is -2.20. The number of aromatic nitrogens is 4. The van der Waals surface area contributed by atoms with Crippen LogP contribution in [-0.4, -0.2) is 55.7 Å². The van der Waals surface area contributed by atoms with Crippen molar-refractivity contribution in [2.75, 3.05) is 31.3 Å². The van der Waals surface area contributed by atoms with Crippen LogP contribution >= 0.6 is 0 Å². The smallest absolute Gasteiger partial charge is 0.184 e. The van der Waals surface area contributed by atoms with Crippen molar-refractivity contribution in [3.63, 3.8) is 0 Å². The van der Waals surface area contributed by atoms with Gasteiger partial charge in [0.15, 0.2) is 30.6 Å². The second-order valence-corrected chi connectivity index (χ2v) is 6.49. The molecule has 144 valence electrons. The molecule has 0 aliphatic carbocycles. The Morgan fingerprint density at radius 2 is 2.21 bits per heavy atom. The number of ether oxygens (including phenoxy) is 1. The molecule has 3 aromatic rings. The Morgan fingerprint density at radius 1 is 1.36 bits per heavy atom. The van der Waals surface area contributed by atoms with Gasteiger partial charge in [0.25, 0.3) is 0 Å². The second kappa shape index (κ2) is 7.75. The number of hydrogen-bond acceptors (Lipinski definition) is 7. The third kappa shape index (κ3) is 3.57. The zero-order chi connectivity index (χ0) is 19.5. The summed E-state index contributed by atoms with van der Waals surface area (Å²) in [6, 6.07) is 4.06. The van der Waals surface area contributed by atoms with Crippen LogP contribution in [0.3, 0.4) is 0 Å². The number of aliphatic hydroxyl groups is 1. The first-order chi connectivity index (χ1) is 13.7. The minimum absolute atomic E-state index is 0.105. The molecular weight excluding hydrogens is 358 g/mol. The number of methoxy groups -OCH3 is 1. The fraction of sp³-hybridized carbons (Fsp3) is 0.263. The maximum Gasteiger partial charge on any atom is 0.184 e. The van der Waals surface area contributed by atoms with Gasteiger partial charge in [0.1, 0.15) is 17.9 Å². The summed E-state index contributed by atoms with van der Waals surface area (Å²) in [6.07, 6.45) is 9.22. The standard InChI is InChI=1S/C19H22N7O2/c1-28-12-14-8-23-26-3-2-13(6-17(14)26)7-22-19-18(20)21-9-16(24-19)15-10-25(11-15)4-5-27/h2-3,6,8-11,27H,4-5,7,12H2,1H3,(H2,20,21)(H,22,24)/q+1. The highest BCUT2D eigenvalue weighted by Crippen LogP contribution is 2.21. The van der Waals surface area contributed by atoms with Crippen LogP contribution in [0.25, 0.3) is 11.1 Å². The van der Waals surface area contributed by atoms with E-state index in [-0.39, 0.29) is 6.61 Å². The molecule has 0 bridgehead atoms. The first kappa shape index (κ1) is 18.1. The minimum Gasteiger partial charge on any atom is -0.390 e. The second-order valence-electron chi connectivity index (χ2n) is 6.49. The lowest BCUT2D eigenvalue weighted by molar-refractivity contribution is -0.461. The zero-order valence-electron chi connectivity index (χ0n) is 15.5. The molecule has 4 heterocycles. The highest BCUT2D eigenvalue weighted by molar-refractivity contribution is 6.09. The molecule has 0 saturated heterocycles. The minimum atomic E-state index is 0.105. The maximum absolute atomic E-state index is 8.96. The van der Waals surface area contributed by atoms with E-state index in [0.29, 0.717) is 31.3 Å². The molecule has 4 rings (SSSR count). The lowest BCUT2D eigenvalue weighted by atomic mass is 10.1. The monoisotopic (exact) mass is 380 g/mol. The van der Waals surface area contributed by atoms with Gasteiger partial charge in [-0.1, -0.05) is 0 Å². The zero-order valence-corrected chi connectivity index (χ0v) is 15.5. The third-order valence-electron chi connectivity index (χ3n) is 4.49. The van der Waals surface area contributed by atoms with E-state index in [1.165, 1.54) is 0 Å². The fourth-order valence-electron chi connectivity index (χ4n) is 3.03. The summed E-state index contributed by atoms with van der Waals surface area (Å²) in [5, 5.41) is 16.5. The first-order valence-corrected chi connectivity index (χ1v) is 8.92. The van der Waals surface area contributed by atoms with Gasteiger partial charge in [0, 0.05) is 25.4 Å². The van der Waals surface area contributed by atoms with Gasteiger partial charge in [0.2, 0.25) is 0 Å². The topological polar surface area (TPSA) is 114 Å². The van der Waals surface area contributed by atoms with E-state index < -0.39 is 0 Å². The molecule has 0 aromatic carbocycles. The van der Waals surface area contributed by atoms with Crippen LogP contribution in [-0.2, 0) is 17.9 Å². The number of nitrogens with one attached hydrogen (secondary N) is 1. The molecule has 0 fully saturated rings. The Kier molecular flexibility index (Phi) is 5.00. The van der Waals surface area contributed by atoms with Crippen LogP contribution in [0.4, 0.5) is 11.6 Å². The number of aliphatic hydroxyl groups excluding tert-OH is 1. The van der Waals surface area contributed by atoms with E-state index >= 15 is 0 Å². The van der Waals surface area contributed by atoms with Crippen molar-refractivity contribution < 1.29 is 14.4 Å². The lowest BCUT2D eigenvalue weighted by Gasteiger charge is -2.12. The molecule has 0 spiro atoms. The van der Waals surface area contributed by atoms with E-state index in [0.717, 1.165) is 27.9 Å². The number of pyridine rings is 1. The summed E-state index contributed by atoms with van der Waals surface area (Å²) >= 11 is 0. The number of nitrogen functional groups attached to an aromatic ring is 1. The number of anilines is 2. The average Bonchev–Trinajstić information content (AvgIpc) is 3.07. The third-order valence-corrected chi connectivity index (χ3v) is 4.49. The summed E-state index contributed by atoms with van der Waals surface area (Å²) < 4.78 is 8.95. The summed E-state index contributed by atoms with van der Waals surface area (Å²) in [5.74, 6) is 0.888. The summed E-state index contributed by atoms with van der Waals surface area (Å²) in [7, 11) is 1.67. The van der Waals surface area contributed by atoms with Gasteiger partial charge in [-0.15, -0.1) is 0 Å². The molecule has 0 atom stereocenters. The van der Waals surface area contributed by atoms with Crippen LogP contribution < -0.4 is 11.1 Å². The molecule has 1 aliphatic rings. The highest BCUT2D eigenvalue weighted by Gasteiger charge is 2.20. The van der Waals surface area contributed by atoms with E-state index in [1.54, 1.807) is 13.3 Å². The summed E-state index contributed by atoms with van der Waals surface area (Å²) in [5.41, 5.74) is 10.8. The number of hydrogen-bond donors (Lipinski definition) is 3. The predicted molar refractivity (Wildman–Crippen MR) is 106 cm³/mol. The normalized spacial score (nSPS) is 13.2. The van der Waals surface area contributed by atoms with Crippen molar-refractivity contribution in [3.8, 4) is 0 Å². The Labute approximate surface area is 161 Å². The van der Waals surface area contributed by atoms with Gasteiger partial charge in [-0.3, -0.25) is 0 Å². The SMILES string of the molecule is COCc1cnn2ccc(CNc3nc(C4=C[N+](CCO)=C4)cnc3N)cc12. The molecule has 4 N–H and O–H groups in total. The van der Waals surface area contributed by atoms with Crippen molar-refractivity contribution in [2.45, 2.75) is 13.2 Å². The number of fused-ring (bicyclic) bond motifs is 1. The van der Waals surface area contributed by atoms with Gasteiger partial charge >= 0.3 is 0 Å². The molecule has 9 nitrogen and oxygen atoms in total. The van der Waals surface area contributed by atoms with Crippen molar-refractivity contribution in [1.82, 2.24) is 19.6 Å². The molecular formula is C19H22N7O2+. The number of nitrogens with two attached hydrogens (primary N) is 1. The average molecular weight is 380 g/mol. The quantitative estimate of drug-likeness (QED) is 0.498. The van der Waals surface area contributed by atoms with Crippen molar-refractivity contribution in [1.29, 1.82) is 0 Å². The number of β-amino-alcohol motifs (C(OH)–C–C–N with tert-alkyl or cyclic N) is 1. The molecule has 1 aliphatic heterocycles. The molecule has 0 saturated carbocycles. The van der Waals surface area contributed by atoms with E-state index in [2.05, 4.69) is 26.4 Å². The van der Waals surface area contributed by atoms with Gasteiger partial charge in [0.05, 0.1) is 24.5 Å². The molecule has 3 aromatic heterocycles. The van der Waals surface area contributed by atoms with Crippen molar-refractivity contribution in [2.24, 2.45) is 0 Å². The maximum atomic E-state index is 8.96. The molecule has 9 heteroatoms.